The highest BCUT2D eigenvalue weighted by molar-refractivity contribution is 6.05. The lowest BCUT2D eigenvalue weighted by molar-refractivity contribution is 0.0903. The van der Waals surface area contributed by atoms with Crippen LogP contribution < -0.4 is 4.74 Å². The molecule has 0 radical (unpaired) electrons. The molecule has 3 atom stereocenters. The SMILES string of the molecule is COc1cccc2c1C1CC=C3CCc4ccccc4C3C1C2=O. The number of carbonyl (C=O) groups excluding carboxylic acids is 1. The summed E-state index contributed by atoms with van der Waals surface area (Å²) in [4.78, 5) is 13.3. The second-order valence-electron chi connectivity index (χ2n) is 7.11. The quantitative estimate of drug-likeness (QED) is 0.716. The maximum Gasteiger partial charge on any atom is 0.167 e. The molecule has 0 saturated carbocycles. The number of carbonyl (C=O) groups is 1. The molecule has 0 saturated heterocycles. The molecule has 3 aliphatic rings. The lowest BCUT2D eigenvalue weighted by atomic mass is 9.64. The van der Waals surface area contributed by atoms with Gasteiger partial charge in [-0.3, -0.25) is 4.79 Å². The highest BCUT2D eigenvalue weighted by Crippen LogP contribution is 2.56. The van der Waals surface area contributed by atoms with Crippen molar-refractivity contribution in [3.8, 4) is 5.75 Å². The minimum absolute atomic E-state index is 0.0396. The summed E-state index contributed by atoms with van der Waals surface area (Å²) in [6.07, 6.45) is 5.54. The van der Waals surface area contributed by atoms with Gasteiger partial charge in [-0.15, -0.1) is 0 Å². The van der Waals surface area contributed by atoms with Crippen molar-refractivity contribution in [3.63, 3.8) is 0 Å². The Morgan fingerprint density at radius 2 is 1.92 bits per heavy atom. The number of hydrogen-bond acceptors (Lipinski definition) is 2. The van der Waals surface area contributed by atoms with Gasteiger partial charge in [0.2, 0.25) is 0 Å². The lowest BCUT2D eigenvalue weighted by Gasteiger charge is -2.38. The lowest BCUT2D eigenvalue weighted by Crippen LogP contribution is -2.30. The fourth-order valence-electron chi connectivity index (χ4n) is 5.14. The second kappa shape index (κ2) is 5.07. The van der Waals surface area contributed by atoms with E-state index in [1.165, 1.54) is 16.7 Å². The Balaban J connectivity index is 1.70. The summed E-state index contributed by atoms with van der Waals surface area (Å²) in [6.45, 7) is 0. The number of methoxy groups -OCH3 is 1. The first-order chi connectivity index (χ1) is 11.8. The number of aryl methyl sites for hydroxylation is 1. The Morgan fingerprint density at radius 1 is 1.04 bits per heavy atom. The van der Waals surface area contributed by atoms with Crippen molar-refractivity contribution in [2.75, 3.05) is 7.11 Å². The minimum Gasteiger partial charge on any atom is -0.496 e. The van der Waals surface area contributed by atoms with E-state index in [1.54, 1.807) is 7.11 Å². The average Bonchev–Trinajstić information content (AvgIpc) is 2.94. The number of rotatable bonds is 1. The van der Waals surface area contributed by atoms with E-state index in [9.17, 15) is 4.79 Å². The van der Waals surface area contributed by atoms with Gasteiger partial charge in [0.05, 0.1) is 7.11 Å². The zero-order valence-electron chi connectivity index (χ0n) is 13.8. The highest BCUT2D eigenvalue weighted by atomic mass is 16.5. The molecule has 3 unspecified atom stereocenters. The monoisotopic (exact) mass is 316 g/mol. The van der Waals surface area contributed by atoms with Crippen molar-refractivity contribution in [2.24, 2.45) is 5.92 Å². The van der Waals surface area contributed by atoms with Crippen molar-refractivity contribution in [1.82, 2.24) is 0 Å². The van der Waals surface area contributed by atoms with Crippen LogP contribution in [-0.4, -0.2) is 12.9 Å². The van der Waals surface area contributed by atoms with E-state index in [2.05, 4.69) is 30.3 Å². The van der Waals surface area contributed by atoms with Crippen LogP contribution in [0, 0.1) is 5.92 Å². The summed E-state index contributed by atoms with van der Waals surface area (Å²) in [6, 6.07) is 14.6. The van der Waals surface area contributed by atoms with E-state index in [0.717, 1.165) is 36.1 Å². The van der Waals surface area contributed by atoms with Gasteiger partial charge >= 0.3 is 0 Å². The van der Waals surface area contributed by atoms with Crippen molar-refractivity contribution >= 4 is 5.78 Å². The van der Waals surface area contributed by atoms with Crippen LogP contribution in [0.15, 0.2) is 54.1 Å². The van der Waals surface area contributed by atoms with Crippen LogP contribution in [0.3, 0.4) is 0 Å². The van der Waals surface area contributed by atoms with Crippen molar-refractivity contribution in [1.29, 1.82) is 0 Å². The van der Waals surface area contributed by atoms with Gasteiger partial charge in [-0.25, -0.2) is 0 Å². The summed E-state index contributed by atoms with van der Waals surface area (Å²) in [5, 5.41) is 0. The molecule has 2 aromatic carbocycles. The Hall–Kier alpha value is -2.35. The third-order valence-corrected chi connectivity index (χ3v) is 6.12. The minimum atomic E-state index is 0.0396. The maximum absolute atomic E-state index is 13.3. The average molecular weight is 316 g/mol. The molecular formula is C22H20O2. The summed E-state index contributed by atoms with van der Waals surface area (Å²) >= 11 is 0. The molecule has 2 heteroatoms. The standard InChI is InChI=1S/C22H20O2/c1-24-18-8-4-7-17-20(18)16-12-11-14-10-9-13-5-2-3-6-15(13)19(14)21(16)22(17)23/h2-8,11,16,19,21H,9-10,12H2,1H3. The largest absolute Gasteiger partial charge is 0.496 e. The highest BCUT2D eigenvalue weighted by Gasteiger charge is 2.49. The summed E-state index contributed by atoms with van der Waals surface area (Å²) in [5.41, 5.74) is 6.26. The Kier molecular flexibility index (Phi) is 2.97. The number of benzene rings is 2. The number of ether oxygens (including phenoxy) is 1. The number of allylic oxidation sites excluding steroid dienone is 2. The van der Waals surface area contributed by atoms with Crippen molar-refractivity contribution in [3.05, 3.63) is 76.4 Å². The zero-order chi connectivity index (χ0) is 16.3. The first-order valence-electron chi connectivity index (χ1n) is 8.77. The Morgan fingerprint density at radius 3 is 2.79 bits per heavy atom. The third kappa shape index (κ3) is 1.74. The first-order valence-corrected chi connectivity index (χ1v) is 8.77. The molecule has 3 aliphatic carbocycles. The summed E-state index contributed by atoms with van der Waals surface area (Å²) in [7, 11) is 1.70. The van der Waals surface area contributed by atoms with Crippen molar-refractivity contribution in [2.45, 2.75) is 31.1 Å². The van der Waals surface area contributed by atoms with Gasteiger partial charge in [-0.1, -0.05) is 48.0 Å². The molecule has 0 aromatic heterocycles. The van der Waals surface area contributed by atoms with Crippen LogP contribution in [-0.2, 0) is 6.42 Å². The summed E-state index contributed by atoms with van der Waals surface area (Å²) in [5.74, 6) is 1.72. The fraction of sp³-hybridized carbons (Fsp3) is 0.318. The van der Waals surface area contributed by atoms with Crippen LogP contribution in [0.2, 0.25) is 0 Å². The van der Waals surface area contributed by atoms with Gasteiger partial charge in [0, 0.05) is 28.9 Å². The van der Waals surface area contributed by atoms with Gasteiger partial charge in [0.1, 0.15) is 5.75 Å². The van der Waals surface area contributed by atoms with Gasteiger partial charge < -0.3 is 4.74 Å². The molecule has 0 amide bonds. The van der Waals surface area contributed by atoms with E-state index >= 15 is 0 Å². The van der Waals surface area contributed by atoms with Crippen LogP contribution in [0.5, 0.6) is 5.75 Å². The molecule has 0 spiro atoms. The predicted molar refractivity (Wildman–Crippen MR) is 93.8 cm³/mol. The predicted octanol–water partition coefficient (Wildman–Crippen LogP) is 4.65. The van der Waals surface area contributed by atoms with E-state index < -0.39 is 0 Å². The molecule has 0 aliphatic heterocycles. The van der Waals surface area contributed by atoms with Gasteiger partial charge in [-0.2, -0.15) is 0 Å². The number of ketones is 1. The molecule has 0 fully saturated rings. The molecule has 120 valence electrons. The first kappa shape index (κ1) is 14.0. The molecule has 0 bridgehead atoms. The maximum atomic E-state index is 13.3. The molecule has 0 heterocycles. The smallest absolute Gasteiger partial charge is 0.167 e. The number of Topliss-reactive ketones (excluding diaryl/α,β-unsaturated/α-hetero) is 1. The number of fused-ring (bicyclic) bond motifs is 7. The molecule has 2 aromatic rings. The Labute approximate surface area is 142 Å². The fourth-order valence-corrected chi connectivity index (χ4v) is 5.14. The van der Waals surface area contributed by atoms with Crippen LogP contribution in [0.25, 0.3) is 0 Å². The summed E-state index contributed by atoms with van der Waals surface area (Å²) < 4.78 is 5.59. The van der Waals surface area contributed by atoms with Crippen LogP contribution >= 0.6 is 0 Å². The molecule has 0 N–H and O–H groups in total. The van der Waals surface area contributed by atoms with E-state index in [0.29, 0.717) is 5.78 Å². The molecule has 24 heavy (non-hydrogen) atoms. The van der Waals surface area contributed by atoms with Crippen molar-refractivity contribution < 1.29 is 9.53 Å². The van der Waals surface area contributed by atoms with Gasteiger partial charge in [0.25, 0.3) is 0 Å². The van der Waals surface area contributed by atoms with E-state index in [4.69, 9.17) is 4.74 Å². The molecule has 2 nitrogen and oxygen atoms in total. The molecule has 5 rings (SSSR count). The number of hydrogen-bond donors (Lipinski definition) is 0. The third-order valence-electron chi connectivity index (χ3n) is 6.12. The zero-order valence-corrected chi connectivity index (χ0v) is 13.8. The molecular weight excluding hydrogens is 296 g/mol. The van der Waals surface area contributed by atoms with Gasteiger partial charge in [-0.05, 0) is 36.5 Å². The Bertz CT molecular complexity index is 877. The van der Waals surface area contributed by atoms with Gasteiger partial charge in [0.15, 0.2) is 5.78 Å². The normalized spacial score (nSPS) is 26.8. The van der Waals surface area contributed by atoms with Crippen LogP contribution in [0.1, 0.15) is 51.7 Å². The second-order valence-corrected chi connectivity index (χ2v) is 7.11. The topological polar surface area (TPSA) is 26.3 Å². The van der Waals surface area contributed by atoms with E-state index in [-0.39, 0.29) is 17.8 Å². The van der Waals surface area contributed by atoms with Crippen LogP contribution in [0.4, 0.5) is 0 Å². The van der Waals surface area contributed by atoms with E-state index in [1.807, 2.05) is 18.2 Å².